The molecule has 0 amide bonds. The highest BCUT2D eigenvalue weighted by atomic mass is 32.2. The lowest BCUT2D eigenvalue weighted by molar-refractivity contribution is 0.0699. The number of carboxylic acids is 1. The second kappa shape index (κ2) is 10.2. The SMILES string of the molecule is COc1ccccc1N1CCN(c2cc(C(=O)O)c3cc(NS(=O)(=O)c4cccc(F)c4)ccc3n2)CC1. The molecule has 0 atom stereocenters. The number of methoxy groups -OCH3 is 1. The fraction of sp³-hybridized carbons (Fsp3) is 0.185. The van der Waals surface area contributed by atoms with E-state index in [1.54, 1.807) is 13.2 Å². The van der Waals surface area contributed by atoms with E-state index in [-0.39, 0.29) is 21.5 Å². The van der Waals surface area contributed by atoms with E-state index in [9.17, 15) is 22.7 Å². The van der Waals surface area contributed by atoms with E-state index in [0.717, 1.165) is 23.6 Å². The number of rotatable bonds is 7. The third-order valence-corrected chi connectivity index (χ3v) is 7.79. The lowest BCUT2D eigenvalue weighted by atomic mass is 10.1. The summed E-state index contributed by atoms with van der Waals surface area (Å²) in [6, 6.07) is 18.4. The molecule has 1 aliphatic rings. The molecule has 2 N–H and O–H groups in total. The molecule has 0 radical (unpaired) electrons. The van der Waals surface area contributed by atoms with Gasteiger partial charge >= 0.3 is 5.97 Å². The van der Waals surface area contributed by atoms with Gasteiger partial charge in [0.05, 0.1) is 28.8 Å². The van der Waals surface area contributed by atoms with E-state index in [1.807, 2.05) is 29.2 Å². The summed E-state index contributed by atoms with van der Waals surface area (Å²) in [7, 11) is -2.44. The molecule has 11 heteroatoms. The number of nitrogens with zero attached hydrogens (tertiary/aromatic N) is 3. The summed E-state index contributed by atoms with van der Waals surface area (Å²) in [6.07, 6.45) is 0. The molecule has 1 saturated heterocycles. The van der Waals surface area contributed by atoms with Gasteiger partial charge in [0.2, 0.25) is 0 Å². The molecule has 0 bridgehead atoms. The van der Waals surface area contributed by atoms with Gasteiger partial charge in [-0.25, -0.2) is 22.6 Å². The number of piperazine rings is 1. The number of ether oxygens (including phenoxy) is 1. The normalized spacial score (nSPS) is 13.9. The minimum atomic E-state index is -4.08. The molecule has 9 nitrogen and oxygen atoms in total. The lowest BCUT2D eigenvalue weighted by Crippen LogP contribution is -2.47. The van der Waals surface area contributed by atoms with Crippen LogP contribution in [0.1, 0.15) is 10.4 Å². The largest absolute Gasteiger partial charge is 0.495 e. The number of carboxylic acid groups (broad SMARTS) is 1. The van der Waals surface area contributed by atoms with Gasteiger partial charge in [-0.05, 0) is 54.6 Å². The molecule has 0 spiro atoms. The van der Waals surface area contributed by atoms with Crippen LogP contribution in [-0.2, 0) is 10.0 Å². The molecule has 0 unspecified atom stereocenters. The van der Waals surface area contributed by atoms with Crippen molar-refractivity contribution in [3.05, 3.63) is 84.2 Å². The van der Waals surface area contributed by atoms with Crippen LogP contribution >= 0.6 is 0 Å². The summed E-state index contributed by atoms with van der Waals surface area (Å²) in [5, 5.41) is 10.2. The van der Waals surface area contributed by atoms with Gasteiger partial charge in [0, 0.05) is 37.3 Å². The highest BCUT2D eigenvalue weighted by Crippen LogP contribution is 2.31. The molecular formula is C27H25FN4O5S. The number of halogens is 1. The van der Waals surface area contributed by atoms with Crippen molar-refractivity contribution in [2.24, 2.45) is 0 Å². The Hall–Kier alpha value is -4.38. The second-order valence-electron chi connectivity index (χ2n) is 8.77. The molecule has 1 aromatic heterocycles. The topological polar surface area (TPSA) is 112 Å². The predicted octanol–water partition coefficient (Wildman–Crippen LogP) is 4.21. The first kappa shape index (κ1) is 25.3. The maximum Gasteiger partial charge on any atom is 0.336 e. The fourth-order valence-electron chi connectivity index (χ4n) is 4.53. The van der Waals surface area contributed by atoms with Gasteiger partial charge in [0.25, 0.3) is 10.0 Å². The van der Waals surface area contributed by atoms with Crippen molar-refractivity contribution in [2.45, 2.75) is 4.90 Å². The summed E-state index contributed by atoms with van der Waals surface area (Å²) in [5.41, 5.74) is 1.56. The number of sulfonamides is 1. The average molecular weight is 537 g/mol. The minimum absolute atomic E-state index is 0.00367. The van der Waals surface area contributed by atoms with Crippen LogP contribution in [0.4, 0.5) is 21.6 Å². The van der Waals surface area contributed by atoms with E-state index >= 15 is 0 Å². The molecule has 2 heterocycles. The van der Waals surface area contributed by atoms with Crippen LogP contribution in [0.5, 0.6) is 5.75 Å². The fourth-order valence-corrected chi connectivity index (χ4v) is 5.61. The number of carbonyl (C=O) groups is 1. The third kappa shape index (κ3) is 5.05. The number of aromatic nitrogens is 1. The van der Waals surface area contributed by atoms with Crippen LogP contribution in [0.3, 0.4) is 0 Å². The number of anilines is 3. The number of aromatic carboxylic acids is 1. The molecular weight excluding hydrogens is 511 g/mol. The molecule has 3 aromatic carbocycles. The molecule has 4 aromatic rings. The Morgan fingerprint density at radius 3 is 2.42 bits per heavy atom. The van der Waals surface area contributed by atoms with Gasteiger partial charge in [-0.1, -0.05) is 18.2 Å². The first-order valence-electron chi connectivity index (χ1n) is 11.8. The van der Waals surface area contributed by atoms with Crippen molar-refractivity contribution in [3.8, 4) is 5.75 Å². The van der Waals surface area contributed by atoms with E-state index in [1.165, 1.54) is 30.3 Å². The Balaban J connectivity index is 1.40. The van der Waals surface area contributed by atoms with Crippen molar-refractivity contribution in [3.63, 3.8) is 0 Å². The lowest BCUT2D eigenvalue weighted by Gasteiger charge is -2.37. The summed E-state index contributed by atoms with van der Waals surface area (Å²) in [5.74, 6) is -0.513. The number of benzene rings is 3. The van der Waals surface area contributed by atoms with E-state index in [0.29, 0.717) is 37.5 Å². The quantitative estimate of drug-likeness (QED) is 0.361. The van der Waals surface area contributed by atoms with E-state index in [4.69, 9.17) is 4.74 Å². The zero-order valence-electron chi connectivity index (χ0n) is 20.5. The Kier molecular flexibility index (Phi) is 6.77. The standard InChI is InChI=1S/C27H25FN4O5S/c1-37-25-8-3-2-7-24(25)31-11-13-32(14-12-31)26-17-22(27(33)34)21-16-19(9-10-23(21)29-26)30-38(35,36)20-6-4-5-18(28)15-20/h2-10,15-17,30H,11-14H2,1H3,(H,33,34). The minimum Gasteiger partial charge on any atom is -0.495 e. The van der Waals surface area contributed by atoms with E-state index < -0.39 is 21.8 Å². The predicted molar refractivity (Wildman–Crippen MR) is 143 cm³/mol. The van der Waals surface area contributed by atoms with Gasteiger partial charge in [-0.3, -0.25) is 4.72 Å². The Labute approximate surface area is 219 Å². The maximum atomic E-state index is 13.5. The molecule has 0 aliphatic carbocycles. The number of hydrogen-bond acceptors (Lipinski definition) is 7. The molecule has 5 rings (SSSR count). The number of nitrogens with one attached hydrogen (secondary N) is 1. The van der Waals surface area contributed by atoms with Crippen molar-refractivity contribution in [1.82, 2.24) is 4.98 Å². The van der Waals surface area contributed by atoms with Crippen molar-refractivity contribution in [1.29, 1.82) is 0 Å². The number of pyridine rings is 1. The van der Waals surface area contributed by atoms with Gasteiger partial charge in [0.15, 0.2) is 0 Å². The van der Waals surface area contributed by atoms with Crippen LogP contribution in [-0.4, -0.2) is 57.8 Å². The summed E-state index contributed by atoms with van der Waals surface area (Å²) in [4.78, 5) is 20.8. The van der Waals surface area contributed by atoms with Gasteiger partial charge in [0.1, 0.15) is 17.4 Å². The van der Waals surface area contributed by atoms with Crippen molar-refractivity contribution >= 4 is 44.1 Å². The smallest absolute Gasteiger partial charge is 0.336 e. The number of hydrogen-bond donors (Lipinski definition) is 2. The van der Waals surface area contributed by atoms with Crippen LogP contribution < -0.4 is 19.3 Å². The summed E-state index contributed by atoms with van der Waals surface area (Å²) >= 11 is 0. The zero-order chi connectivity index (χ0) is 26.9. The first-order chi connectivity index (χ1) is 18.2. The van der Waals surface area contributed by atoms with Gasteiger partial charge < -0.3 is 19.6 Å². The molecule has 196 valence electrons. The van der Waals surface area contributed by atoms with Crippen LogP contribution in [0.2, 0.25) is 0 Å². The van der Waals surface area contributed by atoms with Gasteiger partial charge in [-0.15, -0.1) is 0 Å². The summed E-state index contributed by atoms with van der Waals surface area (Å²) < 4.78 is 46.8. The molecule has 38 heavy (non-hydrogen) atoms. The summed E-state index contributed by atoms with van der Waals surface area (Å²) in [6.45, 7) is 2.65. The van der Waals surface area contributed by atoms with E-state index in [2.05, 4.69) is 14.6 Å². The number of fused-ring (bicyclic) bond motifs is 1. The molecule has 1 aliphatic heterocycles. The van der Waals surface area contributed by atoms with Gasteiger partial charge in [-0.2, -0.15) is 0 Å². The molecule has 1 fully saturated rings. The zero-order valence-corrected chi connectivity index (χ0v) is 21.3. The third-order valence-electron chi connectivity index (χ3n) is 6.41. The Morgan fingerprint density at radius 1 is 0.974 bits per heavy atom. The van der Waals surface area contributed by atoms with Crippen molar-refractivity contribution < 1.29 is 27.4 Å². The average Bonchev–Trinajstić information content (AvgIpc) is 2.92. The Bertz CT molecular complexity index is 1620. The van der Waals surface area contributed by atoms with Crippen LogP contribution in [0, 0.1) is 5.82 Å². The highest BCUT2D eigenvalue weighted by molar-refractivity contribution is 7.92. The Morgan fingerprint density at radius 2 is 1.71 bits per heavy atom. The highest BCUT2D eigenvalue weighted by Gasteiger charge is 2.23. The second-order valence-corrected chi connectivity index (χ2v) is 10.5. The maximum absolute atomic E-state index is 13.5. The van der Waals surface area contributed by atoms with Crippen LogP contribution in [0.15, 0.2) is 77.7 Å². The van der Waals surface area contributed by atoms with Crippen molar-refractivity contribution in [2.75, 3.05) is 47.8 Å². The first-order valence-corrected chi connectivity index (χ1v) is 13.3. The monoisotopic (exact) mass is 536 g/mol. The number of para-hydroxylation sites is 2. The molecule has 0 saturated carbocycles. The van der Waals surface area contributed by atoms with Crippen LogP contribution in [0.25, 0.3) is 10.9 Å².